The summed E-state index contributed by atoms with van der Waals surface area (Å²) in [5.41, 5.74) is 10.3. The summed E-state index contributed by atoms with van der Waals surface area (Å²) in [6, 6.07) is 4.63. The van der Waals surface area contributed by atoms with E-state index in [0.29, 0.717) is 24.3 Å². The Hall–Kier alpha value is -3.53. The smallest absolute Gasteiger partial charge is 0.222 e. The number of nitrogens with zero attached hydrogens (tertiary/aromatic N) is 7. The standard InChI is InChI=1S/C26H32F2N8/c1-17-18(14-30-36(17)25-13-20(15-33(2)3)31-26(29)32-25)5-4-8-34-9-10-35-21(16-34)6-7-22-23(28)11-19(27)12-24(22)35/h4,8,11-14,21H,5-7,9-10,15-16H2,1-3H3,(H2,29,31,32). The molecule has 0 radical (unpaired) electrons. The van der Waals surface area contributed by atoms with Crippen LogP contribution in [0.1, 0.15) is 28.9 Å². The SMILES string of the molecule is Cc1c(CC=CN2CCN3c4cc(F)cc(F)c4CCC3C2)cnn1-c1cc(CN(C)C)nc(N)n1. The van der Waals surface area contributed by atoms with Crippen molar-refractivity contribution in [1.29, 1.82) is 0 Å². The van der Waals surface area contributed by atoms with E-state index in [2.05, 4.69) is 37.1 Å². The zero-order valence-corrected chi connectivity index (χ0v) is 21.0. The third-order valence-electron chi connectivity index (χ3n) is 6.93. The first-order valence-corrected chi connectivity index (χ1v) is 12.3. The predicted octanol–water partition coefficient (Wildman–Crippen LogP) is 3.09. The first kappa shape index (κ1) is 24.2. The van der Waals surface area contributed by atoms with E-state index in [1.807, 2.05) is 38.2 Å². The van der Waals surface area contributed by atoms with Crippen LogP contribution in [0.3, 0.4) is 0 Å². The second kappa shape index (κ2) is 9.85. The van der Waals surface area contributed by atoms with Gasteiger partial charge in [-0.15, -0.1) is 0 Å². The van der Waals surface area contributed by atoms with Crippen LogP contribution >= 0.6 is 0 Å². The maximum atomic E-state index is 14.2. The highest BCUT2D eigenvalue weighted by molar-refractivity contribution is 5.58. The van der Waals surface area contributed by atoms with Gasteiger partial charge < -0.3 is 20.4 Å². The molecule has 8 nitrogen and oxygen atoms in total. The molecule has 0 spiro atoms. The predicted molar refractivity (Wildman–Crippen MR) is 136 cm³/mol. The Kier molecular flexibility index (Phi) is 6.61. The van der Waals surface area contributed by atoms with Crippen molar-refractivity contribution < 1.29 is 8.78 Å². The van der Waals surface area contributed by atoms with Gasteiger partial charge in [0.1, 0.15) is 11.6 Å². The molecule has 1 atom stereocenters. The summed E-state index contributed by atoms with van der Waals surface area (Å²) in [6.45, 7) is 5.07. The molecule has 0 bridgehead atoms. The van der Waals surface area contributed by atoms with Gasteiger partial charge in [0, 0.05) is 61.3 Å². The third-order valence-corrected chi connectivity index (χ3v) is 6.93. The lowest BCUT2D eigenvalue weighted by atomic mass is 9.93. The second-order valence-electron chi connectivity index (χ2n) is 9.84. The van der Waals surface area contributed by atoms with E-state index >= 15 is 0 Å². The van der Waals surface area contributed by atoms with E-state index in [-0.39, 0.29) is 12.0 Å². The maximum Gasteiger partial charge on any atom is 0.222 e. The molecule has 1 fully saturated rings. The number of nitrogens with two attached hydrogens (primary N) is 1. The molecule has 2 N–H and O–H groups in total. The van der Waals surface area contributed by atoms with Crippen LogP contribution in [0.4, 0.5) is 20.4 Å². The Labute approximate surface area is 210 Å². The number of anilines is 2. The minimum Gasteiger partial charge on any atom is -0.374 e. The van der Waals surface area contributed by atoms with Gasteiger partial charge in [0.25, 0.3) is 0 Å². The molecule has 1 unspecified atom stereocenters. The van der Waals surface area contributed by atoms with Crippen molar-refractivity contribution in [2.75, 3.05) is 44.4 Å². The monoisotopic (exact) mass is 494 g/mol. The summed E-state index contributed by atoms with van der Waals surface area (Å²) >= 11 is 0. The fourth-order valence-electron chi connectivity index (χ4n) is 5.20. The molecule has 4 heterocycles. The maximum absolute atomic E-state index is 14.2. The molecule has 5 rings (SSSR count). The van der Waals surface area contributed by atoms with Gasteiger partial charge >= 0.3 is 0 Å². The Balaban J connectivity index is 1.24. The number of nitrogen functional groups attached to an aromatic ring is 1. The van der Waals surface area contributed by atoms with E-state index in [1.165, 1.54) is 6.07 Å². The van der Waals surface area contributed by atoms with Crippen LogP contribution in [0.15, 0.2) is 36.7 Å². The van der Waals surface area contributed by atoms with E-state index in [9.17, 15) is 8.78 Å². The molecule has 36 heavy (non-hydrogen) atoms. The molecule has 0 amide bonds. The molecule has 1 aromatic carbocycles. The average molecular weight is 495 g/mol. The highest BCUT2D eigenvalue weighted by Crippen LogP contribution is 2.35. The fourth-order valence-corrected chi connectivity index (χ4v) is 5.20. The largest absolute Gasteiger partial charge is 0.374 e. The third kappa shape index (κ3) is 4.90. The van der Waals surface area contributed by atoms with Gasteiger partial charge in [-0.3, -0.25) is 0 Å². The van der Waals surface area contributed by atoms with E-state index in [1.54, 1.807) is 4.68 Å². The van der Waals surface area contributed by atoms with Gasteiger partial charge in [0.05, 0.1) is 11.9 Å². The van der Waals surface area contributed by atoms with Crippen LogP contribution in [0.25, 0.3) is 5.82 Å². The van der Waals surface area contributed by atoms with Crippen LogP contribution in [0.5, 0.6) is 0 Å². The first-order chi connectivity index (χ1) is 17.3. The lowest BCUT2D eigenvalue weighted by Crippen LogP contribution is -2.53. The van der Waals surface area contributed by atoms with E-state index in [4.69, 9.17) is 5.73 Å². The zero-order valence-electron chi connectivity index (χ0n) is 21.0. The van der Waals surface area contributed by atoms with Gasteiger partial charge in [0.15, 0.2) is 5.82 Å². The molecular weight excluding hydrogens is 462 g/mol. The average Bonchev–Trinajstić information content (AvgIpc) is 3.18. The number of benzene rings is 1. The second-order valence-corrected chi connectivity index (χ2v) is 9.84. The van der Waals surface area contributed by atoms with Crippen molar-refractivity contribution in [2.45, 2.75) is 38.8 Å². The number of fused-ring (bicyclic) bond motifs is 3. The minimum absolute atomic E-state index is 0.232. The number of piperazine rings is 1. The number of hydrogen-bond acceptors (Lipinski definition) is 7. The molecular formula is C26H32F2N8. The minimum atomic E-state index is -0.510. The topological polar surface area (TPSA) is 79.3 Å². The summed E-state index contributed by atoms with van der Waals surface area (Å²) in [5.74, 6) is -0.0479. The Morgan fingerprint density at radius 2 is 2.00 bits per heavy atom. The molecule has 2 aromatic heterocycles. The number of allylic oxidation sites excluding steroid dienone is 1. The van der Waals surface area contributed by atoms with Gasteiger partial charge in [-0.05, 0) is 58.1 Å². The summed E-state index contributed by atoms with van der Waals surface area (Å²) in [4.78, 5) is 15.2. The van der Waals surface area contributed by atoms with Crippen LogP contribution in [-0.4, -0.2) is 69.3 Å². The summed E-state index contributed by atoms with van der Waals surface area (Å²) in [5, 5.41) is 4.54. The summed E-state index contributed by atoms with van der Waals surface area (Å²) in [7, 11) is 3.96. The van der Waals surface area contributed by atoms with Gasteiger partial charge in [0.2, 0.25) is 5.95 Å². The first-order valence-electron chi connectivity index (χ1n) is 12.3. The number of hydrogen-bond donors (Lipinski definition) is 1. The number of rotatable bonds is 6. The molecule has 0 saturated carbocycles. The number of aromatic nitrogens is 4. The Morgan fingerprint density at radius 1 is 1.17 bits per heavy atom. The van der Waals surface area contributed by atoms with Gasteiger partial charge in [-0.2, -0.15) is 10.1 Å². The van der Waals surface area contributed by atoms with Crippen LogP contribution < -0.4 is 10.6 Å². The molecule has 10 heteroatoms. The van der Waals surface area contributed by atoms with Crippen molar-refractivity contribution in [2.24, 2.45) is 0 Å². The highest BCUT2D eigenvalue weighted by atomic mass is 19.1. The van der Waals surface area contributed by atoms with Crippen molar-refractivity contribution in [3.8, 4) is 5.82 Å². The van der Waals surface area contributed by atoms with Crippen molar-refractivity contribution >= 4 is 11.6 Å². The van der Waals surface area contributed by atoms with Crippen LogP contribution in [0.2, 0.25) is 0 Å². The fraction of sp³-hybridized carbons (Fsp3) is 0.423. The van der Waals surface area contributed by atoms with Crippen molar-refractivity contribution in [1.82, 2.24) is 29.5 Å². The Morgan fingerprint density at radius 3 is 2.81 bits per heavy atom. The van der Waals surface area contributed by atoms with Crippen LogP contribution in [-0.2, 0) is 19.4 Å². The highest BCUT2D eigenvalue weighted by Gasteiger charge is 2.32. The van der Waals surface area contributed by atoms with Crippen molar-refractivity contribution in [3.63, 3.8) is 0 Å². The van der Waals surface area contributed by atoms with Gasteiger partial charge in [-0.1, -0.05) is 6.08 Å². The zero-order chi connectivity index (χ0) is 25.4. The molecule has 190 valence electrons. The van der Waals surface area contributed by atoms with Gasteiger partial charge in [-0.25, -0.2) is 18.4 Å². The normalized spacial score (nSPS) is 17.7. The lowest BCUT2D eigenvalue weighted by molar-refractivity contribution is 0.281. The molecule has 3 aromatic rings. The molecule has 1 saturated heterocycles. The van der Waals surface area contributed by atoms with Crippen LogP contribution in [0, 0.1) is 18.6 Å². The lowest BCUT2D eigenvalue weighted by Gasteiger charge is -2.46. The molecule has 0 aliphatic carbocycles. The summed E-state index contributed by atoms with van der Waals surface area (Å²) in [6.07, 6.45) is 8.38. The molecule has 2 aliphatic heterocycles. The Bertz CT molecular complexity index is 1290. The van der Waals surface area contributed by atoms with E-state index < -0.39 is 11.6 Å². The molecule has 2 aliphatic rings. The quantitative estimate of drug-likeness (QED) is 0.564. The number of halogens is 2. The van der Waals surface area contributed by atoms with E-state index in [0.717, 1.165) is 61.2 Å². The van der Waals surface area contributed by atoms with Crippen molar-refractivity contribution in [3.05, 3.63) is 70.8 Å². The summed E-state index contributed by atoms with van der Waals surface area (Å²) < 4.78 is 29.9.